The van der Waals surface area contributed by atoms with E-state index in [-0.39, 0.29) is 5.60 Å². The monoisotopic (exact) mass is 184 g/mol. The summed E-state index contributed by atoms with van der Waals surface area (Å²) in [6.07, 6.45) is 7.06. The summed E-state index contributed by atoms with van der Waals surface area (Å²) in [6, 6.07) is 0. The Hall–Kier alpha value is -0.0400. The smallest absolute Gasteiger partial charge is 0.0670 e. The maximum Gasteiger partial charge on any atom is 0.0670 e. The third kappa shape index (κ3) is 2.46. The van der Waals surface area contributed by atoms with Crippen molar-refractivity contribution in [1.29, 1.82) is 0 Å². The third-order valence-corrected chi connectivity index (χ3v) is 3.90. The van der Waals surface area contributed by atoms with E-state index in [2.05, 4.69) is 20.8 Å². The van der Waals surface area contributed by atoms with E-state index < -0.39 is 0 Å². The van der Waals surface area contributed by atoms with E-state index in [1.807, 2.05) is 0 Å². The van der Waals surface area contributed by atoms with E-state index in [0.29, 0.717) is 5.92 Å². The molecule has 13 heavy (non-hydrogen) atoms. The van der Waals surface area contributed by atoms with Crippen LogP contribution in [0.1, 0.15) is 59.3 Å². The average Bonchev–Trinajstić information content (AvgIpc) is 2.12. The summed E-state index contributed by atoms with van der Waals surface area (Å²) in [6.45, 7) is 6.58. The lowest BCUT2D eigenvalue weighted by Crippen LogP contribution is -2.40. The molecular formula is C12H24O. The van der Waals surface area contributed by atoms with Crippen LogP contribution in [0, 0.1) is 11.8 Å². The Morgan fingerprint density at radius 3 is 2.54 bits per heavy atom. The van der Waals surface area contributed by atoms with Gasteiger partial charge in [-0.25, -0.2) is 0 Å². The van der Waals surface area contributed by atoms with Crippen molar-refractivity contribution in [3.05, 3.63) is 0 Å². The summed E-state index contributed by atoms with van der Waals surface area (Å²) >= 11 is 0. The van der Waals surface area contributed by atoms with Gasteiger partial charge in [-0.1, -0.05) is 33.6 Å². The number of rotatable bonds is 3. The van der Waals surface area contributed by atoms with Crippen molar-refractivity contribution in [1.82, 2.24) is 0 Å². The van der Waals surface area contributed by atoms with Crippen LogP contribution in [-0.4, -0.2) is 10.7 Å². The van der Waals surface area contributed by atoms with Crippen LogP contribution < -0.4 is 0 Å². The van der Waals surface area contributed by atoms with Gasteiger partial charge in [-0.05, 0) is 37.5 Å². The fourth-order valence-corrected chi connectivity index (χ4v) is 2.73. The molecule has 0 spiro atoms. The number of aliphatic hydroxyl groups is 1. The summed E-state index contributed by atoms with van der Waals surface area (Å²) in [4.78, 5) is 0. The van der Waals surface area contributed by atoms with E-state index >= 15 is 0 Å². The lowest BCUT2D eigenvalue weighted by Gasteiger charge is -2.41. The highest BCUT2D eigenvalue weighted by Gasteiger charge is 2.37. The highest BCUT2D eigenvalue weighted by atomic mass is 16.3. The van der Waals surface area contributed by atoms with Gasteiger partial charge in [-0.3, -0.25) is 0 Å². The van der Waals surface area contributed by atoms with E-state index in [0.717, 1.165) is 18.8 Å². The van der Waals surface area contributed by atoms with Crippen molar-refractivity contribution in [2.75, 3.05) is 0 Å². The molecule has 1 nitrogen and oxygen atoms in total. The minimum Gasteiger partial charge on any atom is -0.390 e. The van der Waals surface area contributed by atoms with Crippen molar-refractivity contribution in [2.24, 2.45) is 11.8 Å². The Bertz CT molecular complexity index is 155. The molecule has 0 aliphatic heterocycles. The molecule has 0 heterocycles. The zero-order valence-corrected chi connectivity index (χ0v) is 9.34. The van der Waals surface area contributed by atoms with Gasteiger partial charge in [0.15, 0.2) is 0 Å². The Kier molecular flexibility index (Phi) is 3.78. The zero-order valence-electron chi connectivity index (χ0n) is 9.34. The van der Waals surface area contributed by atoms with E-state index in [4.69, 9.17) is 0 Å². The van der Waals surface area contributed by atoms with Crippen LogP contribution in [0.4, 0.5) is 0 Å². The summed E-state index contributed by atoms with van der Waals surface area (Å²) in [5, 5.41) is 10.2. The fourth-order valence-electron chi connectivity index (χ4n) is 2.73. The Morgan fingerprint density at radius 2 is 2.08 bits per heavy atom. The summed E-state index contributed by atoms with van der Waals surface area (Å²) in [7, 11) is 0. The van der Waals surface area contributed by atoms with Crippen molar-refractivity contribution in [3.63, 3.8) is 0 Å². The second kappa shape index (κ2) is 4.45. The van der Waals surface area contributed by atoms with Gasteiger partial charge in [0.2, 0.25) is 0 Å². The van der Waals surface area contributed by atoms with Crippen LogP contribution in [0.3, 0.4) is 0 Å². The van der Waals surface area contributed by atoms with Crippen molar-refractivity contribution in [3.8, 4) is 0 Å². The quantitative estimate of drug-likeness (QED) is 0.713. The van der Waals surface area contributed by atoms with Gasteiger partial charge in [0.25, 0.3) is 0 Å². The van der Waals surface area contributed by atoms with E-state index in [1.54, 1.807) is 0 Å². The first-order valence-corrected chi connectivity index (χ1v) is 5.84. The van der Waals surface area contributed by atoms with Gasteiger partial charge in [0, 0.05) is 0 Å². The van der Waals surface area contributed by atoms with Crippen LogP contribution in [-0.2, 0) is 0 Å². The lowest BCUT2D eigenvalue weighted by molar-refractivity contribution is -0.0584. The highest BCUT2D eigenvalue weighted by Crippen LogP contribution is 2.40. The lowest BCUT2D eigenvalue weighted by atomic mass is 9.69. The topological polar surface area (TPSA) is 20.2 Å². The molecule has 1 N–H and O–H groups in total. The molecule has 3 atom stereocenters. The largest absolute Gasteiger partial charge is 0.390 e. The molecule has 1 rings (SSSR count). The van der Waals surface area contributed by atoms with Gasteiger partial charge in [0.05, 0.1) is 5.60 Å². The molecule has 3 unspecified atom stereocenters. The first-order valence-electron chi connectivity index (χ1n) is 5.84. The van der Waals surface area contributed by atoms with Crippen molar-refractivity contribution in [2.45, 2.75) is 64.9 Å². The maximum atomic E-state index is 10.2. The summed E-state index contributed by atoms with van der Waals surface area (Å²) in [5.74, 6) is 1.38. The molecule has 78 valence electrons. The van der Waals surface area contributed by atoms with Crippen LogP contribution in [0.15, 0.2) is 0 Å². The van der Waals surface area contributed by atoms with Gasteiger partial charge in [-0.15, -0.1) is 0 Å². The predicted octanol–water partition coefficient (Wildman–Crippen LogP) is 3.36. The third-order valence-electron chi connectivity index (χ3n) is 3.90. The minimum absolute atomic E-state index is 0.343. The minimum atomic E-state index is -0.343. The first-order chi connectivity index (χ1) is 6.12. The Labute approximate surface area is 82.5 Å². The SMILES string of the molecule is CCCC1CCC(O)(CC)C(C)C1. The zero-order chi connectivity index (χ0) is 9.90. The van der Waals surface area contributed by atoms with Crippen molar-refractivity contribution >= 4 is 0 Å². The molecule has 0 bridgehead atoms. The van der Waals surface area contributed by atoms with Gasteiger partial charge in [-0.2, -0.15) is 0 Å². The average molecular weight is 184 g/mol. The molecule has 1 aliphatic rings. The summed E-state index contributed by atoms with van der Waals surface area (Å²) in [5.41, 5.74) is -0.343. The fraction of sp³-hybridized carbons (Fsp3) is 1.00. The number of hydrogen-bond acceptors (Lipinski definition) is 1. The van der Waals surface area contributed by atoms with Crippen LogP contribution in [0.25, 0.3) is 0 Å². The first kappa shape index (κ1) is 11.0. The molecule has 0 amide bonds. The molecule has 0 aromatic carbocycles. The Morgan fingerprint density at radius 1 is 1.38 bits per heavy atom. The molecule has 0 radical (unpaired) electrons. The predicted molar refractivity (Wildman–Crippen MR) is 56.7 cm³/mol. The molecule has 1 fully saturated rings. The van der Waals surface area contributed by atoms with Gasteiger partial charge >= 0.3 is 0 Å². The van der Waals surface area contributed by atoms with Crippen LogP contribution in [0.2, 0.25) is 0 Å². The highest BCUT2D eigenvalue weighted by molar-refractivity contribution is 4.89. The molecule has 1 saturated carbocycles. The molecule has 0 aromatic rings. The second-order valence-electron chi connectivity index (χ2n) is 4.79. The van der Waals surface area contributed by atoms with Crippen molar-refractivity contribution < 1.29 is 5.11 Å². The van der Waals surface area contributed by atoms with E-state index in [1.165, 1.54) is 25.7 Å². The normalized spacial score (nSPS) is 40.6. The molecule has 0 aromatic heterocycles. The standard InChI is InChI=1S/C12H24O/c1-4-6-11-7-8-12(13,5-2)10(3)9-11/h10-11,13H,4-9H2,1-3H3. The Balaban J connectivity index is 2.46. The van der Waals surface area contributed by atoms with Crippen LogP contribution in [0.5, 0.6) is 0 Å². The molecular weight excluding hydrogens is 160 g/mol. The molecule has 1 heteroatoms. The molecule has 1 aliphatic carbocycles. The maximum absolute atomic E-state index is 10.2. The second-order valence-corrected chi connectivity index (χ2v) is 4.79. The van der Waals surface area contributed by atoms with Gasteiger partial charge in [0.1, 0.15) is 0 Å². The van der Waals surface area contributed by atoms with Crippen LogP contribution >= 0.6 is 0 Å². The van der Waals surface area contributed by atoms with Gasteiger partial charge < -0.3 is 5.11 Å². The molecule has 0 saturated heterocycles. The summed E-state index contributed by atoms with van der Waals surface area (Å²) < 4.78 is 0. The van der Waals surface area contributed by atoms with E-state index in [9.17, 15) is 5.11 Å². The number of hydrogen-bond donors (Lipinski definition) is 1.